The van der Waals surface area contributed by atoms with Crippen LogP contribution >= 0.6 is 11.3 Å². The van der Waals surface area contributed by atoms with Gasteiger partial charge in [-0.3, -0.25) is 4.90 Å². The van der Waals surface area contributed by atoms with Gasteiger partial charge < -0.3 is 9.84 Å². The van der Waals surface area contributed by atoms with Crippen molar-refractivity contribution in [2.24, 2.45) is 0 Å². The lowest BCUT2D eigenvalue weighted by Gasteiger charge is -2.31. The number of piperidine rings is 1. The van der Waals surface area contributed by atoms with E-state index in [1.807, 2.05) is 0 Å². The van der Waals surface area contributed by atoms with E-state index < -0.39 is 0 Å². The number of aliphatic hydroxyl groups excluding tert-OH is 1. The van der Waals surface area contributed by atoms with Gasteiger partial charge in [0.15, 0.2) is 0 Å². The Kier molecular flexibility index (Phi) is 5.55. The summed E-state index contributed by atoms with van der Waals surface area (Å²) >= 11 is 1.77. The predicted molar refractivity (Wildman–Crippen MR) is 82.2 cm³/mol. The van der Waals surface area contributed by atoms with Crippen molar-refractivity contribution in [3.63, 3.8) is 0 Å². The summed E-state index contributed by atoms with van der Waals surface area (Å²) in [6, 6.07) is 0. The molecule has 2 heterocycles. The van der Waals surface area contributed by atoms with Crippen molar-refractivity contribution in [2.45, 2.75) is 51.7 Å². The van der Waals surface area contributed by atoms with E-state index in [-0.39, 0.29) is 12.0 Å². The molecule has 0 aliphatic carbocycles. The van der Waals surface area contributed by atoms with E-state index >= 15 is 0 Å². The lowest BCUT2D eigenvalue weighted by molar-refractivity contribution is -0.00902. The fourth-order valence-electron chi connectivity index (χ4n) is 2.37. The smallest absolute Gasteiger partial charge is 0.107 e. The number of nitrogens with zero attached hydrogens (tertiary/aromatic N) is 2. The first-order valence-corrected chi connectivity index (χ1v) is 8.26. The van der Waals surface area contributed by atoms with Crippen molar-refractivity contribution < 1.29 is 9.84 Å². The Labute approximate surface area is 125 Å². The summed E-state index contributed by atoms with van der Waals surface area (Å²) in [6.45, 7) is 10.3. The zero-order valence-corrected chi connectivity index (χ0v) is 13.6. The summed E-state index contributed by atoms with van der Waals surface area (Å²) in [5, 5.41) is 12.2. The van der Waals surface area contributed by atoms with Crippen LogP contribution < -0.4 is 0 Å². The highest BCUT2D eigenvalue weighted by Crippen LogP contribution is 2.25. The number of likely N-dealkylation sites (tertiary alicyclic amines) is 1. The molecule has 20 heavy (non-hydrogen) atoms. The van der Waals surface area contributed by atoms with Gasteiger partial charge in [-0.2, -0.15) is 0 Å². The molecule has 1 aromatic rings. The van der Waals surface area contributed by atoms with E-state index in [1.165, 1.54) is 10.7 Å². The maximum Gasteiger partial charge on any atom is 0.107 e. The number of aromatic nitrogens is 1. The van der Waals surface area contributed by atoms with Crippen LogP contribution in [0.4, 0.5) is 0 Å². The minimum absolute atomic E-state index is 0.120. The predicted octanol–water partition coefficient (Wildman–Crippen LogP) is 2.41. The molecule has 2 rings (SSSR count). The van der Waals surface area contributed by atoms with Gasteiger partial charge in [-0.15, -0.1) is 11.3 Å². The number of ether oxygens (including phenoxy) is 1. The second-order valence-electron chi connectivity index (χ2n) is 6.45. The van der Waals surface area contributed by atoms with Crippen molar-refractivity contribution in [3.8, 4) is 0 Å². The van der Waals surface area contributed by atoms with Gasteiger partial charge in [-0.25, -0.2) is 4.98 Å². The average molecular weight is 298 g/mol. The summed E-state index contributed by atoms with van der Waals surface area (Å²) in [5.74, 6) is 0. The van der Waals surface area contributed by atoms with Gasteiger partial charge in [0.25, 0.3) is 0 Å². The fraction of sp³-hybridized carbons (Fsp3) is 0.800. The van der Waals surface area contributed by atoms with E-state index in [2.05, 4.69) is 31.1 Å². The van der Waals surface area contributed by atoms with Crippen LogP contribution in [0, 0.1) is 0 Å². The topological polar surface area (TPSA) is 45.6 Å². The molecular weight excluding hydrogens is 272 g/mol. The summed E-state index contributed by atoms with van der Waals surface area (Å²) in [5.41, 5.74) is 1.33. The number of aliphatic hydroxyl groups is 1. The summed E-state index contributed by atoms with van der Waals surface area (Å²) < 4.78 is 5.59. The Morgan fingerprint density at radius 3 is 2.65 bits per heavy atom. The van der Waals surface area contributed by atoms with Gasteiger partial charge >= 0.3 is 0 Å². The highest BCUT2D eigenvalue weighted by Gasteiger charge is 2.22. The van der Waals surface area contributed by atoms with E-state index in [0.717, 1.165) is 32.5 Å². The molecule has 0 spiro atoms. The molecule has 1 N–H and O–H groups in total. The molecule has 0 amide bonds. The van der Waals surface area contributed by atoms with Gasteiger partial charge in [-0.1, -0.05) is 20.8 Å². The molecule has 114 valence electrons. The third-order valence-electron chi connectivity index (χ3n) is 3.66. The van der Waals surface area contributed by atoms with E-state index in [4.69, 9.17) is 14.8 Å². The maximum atomic E-state index is 8.77. The number of rotatable bonds is 5. The lowest BCUT2D eigenvalue weighted by Crippen LogP contribution is -2.36. The quantitative estimate of drug-likeness (QED) is 0.907. The van der Waals surface area contributed by atoms with Gasteiger partial charge in [0, 0.05) is 23.9 Å². The standard InChI is InChI=1S/C15H26N2O2S/c1-15(2,3)13-11-20-14(16-13)10-17-6-4-12(5-7-17)19-9-8-18/h11-12,18H,4-10H2,1-3H3. The Bertz CT molecular complexity index is 406. The molecular formula is C15H26N2O2S. The van der Waals surface area contributed by atoms with Gasteiger partial charge in [-0.05, 0) is 12.8 Å². The molecule has 1 saturated heterocycles. The average Bonchev–Trinajstić information content (AvgIpc) is 2.86. The van der Waals surface area contributed by atoms with Gasteiger partial charge in [0.05, 0.1) is 31.6 Å². The Hall–Kier alpha value is -0.490. The van der Waals surface area contributed by atoms with Crippen LogP contribution in [0.3, 0.4) is 0 Å². The third-order valence-corrected chi connectivity index (χ3v) is 4.49. The molecule has 1 aliphatic heterocycles. The largest absolute Gasteiger partial charge is 0.394 e. The zero-order valence-electron chi connectivity index (χ0n) is 12.8. The molecule has 1 fully saturated rings. The SMILES string of the molecule is CC(C)(C)c1csc(CN2CCC(OCCO)CC2)n1. The molecule has 0 atom stereocenters. The zero-order chi connectivity index (χ0) is 14.6. The molecule has 0 bridgehead atoms. The Morgan fingerprint density at radius 2 is 2.10 bits per heavy atom. The van der Waals surface area contributed by atoms with E-state index in [0.29, 0.717) is 12.7 Å². The highest BCUT2D eigenvalue weighted by atomic mass is 32.1. The summed E-state index contributed by atoms with van der Waals surface area (Å²) in [4.78, 5) is 7.21. The Morgan fingerprint density at radius 1 is 1.40 bits per heavy atom. The normalized spacial score (nSPS) is 18.6. The minimum Gasteiger partial charge on any atom is -0.394 e. The molecule has 0 saturated carbocycles. The van der Waals surface area contributed by atoms with E-state index in [9.17, 15) is 0 Å². The highest BCUT2D eigenvalue weighted by molar-refractivity contribution is 7.09. The first-order valence-electron chi connectivity index (χ1n) is 7.39. The van der Waals surface area contributed by atoms with Crippen LogP contribution in [-0.2, 0) is 16.7 Å². The van der Waals surface area contributed by atoms with Crippen LogP contribution in [0.1, 0.15) is 44.3 Å². The first-order chi connectivity index (χ1) is 9.49. The van der Waals surface area contributed by atoms with E-state index in [1.54, 1.807) is 11.3 Å². The van der Waals surface area contributed by atoms with Crippen molar-refractivity contribution >= 4 is 11.3 Å². The van der Waals surface area contributed by atoms with Gasteiger partial charge in [0.1, 0.15) is 5.01 Å². The van der Waals surface area contributed by atoms with Crippen molar-refractivity contribution in [1.29, 1.82) is 0 Å². The molecule has 1 aliphatic rings. The second kappa shape index (κ2) is 6.98. The molecule has 0 radical (unpaired) electrons. The lowest BCUT2D eigenvalue weighted by atomic mass is 9.93. The fourth-order valence-corrected chi connectivity index (χ4v) is 3.43. The molecule has 5 heteroatoms. The van der Waals surface area contributed by atoms with Crippen LogP contribution in [0.5, 0.6) is 0 Å². The third kappa shape index (κ3) is 4.52. The molecule has 1 aromatic heterocycles. The first kappa shape index (κ1) is 15.9. The van der Waals surface area contributed by atoms with Gasteiger partial charge in [0.2, 0.25) is 0 Å². The minimum atomic E-state index is 0.120. The molecule has 0 unspecified atom stereocenters. The van der Waals surface area contributed by atoms with Crippen molar-refractivity contribution in [2.75, 3.05) is 26.3 Å². The van der Waals surface area contributed by atoms with Crippen LogP contribution in [-0.4, -0.2) is 47.4 Å². The van der Waals surface area contributed by atoms with Crippen LogP contribution in [0.2, 0.25) is 0 Å². The molecule has 4 nitrogen and oxygen atoms in total. The number of hydrogen-bond acceptors (Lipinski definition) is 5. The Balaban J connectivity index is 1.79. The number of thiazole rings is 1. The monoisotopic (exact) mass is 298 g/mol. The second-order valence-corrected chi connectivity index (χ2v) is 7.39. The summed E-state index contributed by atoms with van der Waals surface area (Å²) in [6.07, 6.45) is 2.43. The van der Waals surface area contributed by atoms with Crippen LogP contribution in [0.25, 0.3) is 0 Å². The summed E-state index contributed by atoms with van der Waals surface area (Å²) in [7, 11) is 0. The number of hydrogen-bond donors (Lipinski definition) is 1. The maximum absolute atomic E-state index is 8.77. The molecule has 0 aromatic carbocycles. The van der Waals surface area contributed by atoms with Crippen molar-refractivity contribution in [3.05, 3.63) is 16.1 Å². The van der Waals surface area contributed by atoms with Crippen molar-refractivity contribution in [1.82, 2.24) is 9.88 Å². The van der Waals surface area contributed by atoms with Crippen LogP contribution in [0.15, 0.2) is 5.38 Å².